The molecule has 9 heteroatoms. The summed E-state index contributed by atoms with van der Waals surface area (Å²) in [7, 11) is 3.39. The summed E-state index contributed by atoms with van der Waals surface area (Å²) in [6.07, 6.45) is 1.55. The molecule has 0 atom stereocenters. The predicted octanol–water partition coefficient (Wildman–Crippen LogP) is 2.69. The molecule has 8 nitrogen and oxygen atoms in total. The van der Waals surface area contributed by atoms with Gasteiger partial charge in [-0.1, -0.05) is 41.7 Å². The Bertz CT molecular complexity index is 1080. The van der Waals surface area contributed by atoms with Crippen LogP contribution in [0.5, 0.6) is 0 Å². The van der Waals surface area contributed by atoms with E-state index in [-0.39, 0.29) is 17.7 Å². The van der Waals surface area contributed by atoms with Crippen LogP contribution < -0.4 is 10.2 Å². The molecule has 30 heavy (non-hydrogen) atoms. The lowest BCUT2D eigenvalue weighted by atomic mass is 9.99. The van der Waals surface area contributed by atoms with Crippen molar-refractivity contribution in [1.82, 2.24) is 19.9 Å². The maximum absolute atomic E-state index is 12.6. The van der Waals surface area contributed by atoms with Crippen LogP contribution in [0, 0.1) is 12.8 Å². The first-order valence-corrected chi connectivity index (χ1v) is 10.4. The summed E-state index contributed by atoms with van der Waals surface area (Å²) in [6.45, 7) is 2.92. The molecule has 0 bridgehead atoms. The minimum absolute atomic E-state index is 0.0961. The van der Waals surface area contributed by atoms with Crippen LogP contribution in [0.15, 0.2) is 42.7 Å². The third-order valence-electron chi connectivity index (χ3n) is 4.93. The molecule has 154 valence electrons. The van der Waals surface area contributed by atoms with Crippen molar-refractivity contribution in [2.75, 3.05) is 37.4 Å². The van der Waals surface area contributed by atoms with Crippen LogP contribution in [-0.2, 0) is 4.79 Å². The van der Waals surface area contributed by atoms with E-state index < -0.39 is 0 Å². The van der Waals surface area contributed by atoms with Gasteiger partial charge in [-0.2, -0.15) is 0 Å². The summed E-state index contributed by atoms with van der Waals surface area (Å²) in [4.78, 5) is 41.8. The van der Waals surface area contributed by atoms with E-state index in [1.807, 2.05) is 41.3 Å². The number of nitrogens with one attached hydrogen (secondary N) is 1. The fourth-order valence-corrected chi connectivity index (χ4v) is 4.17. The quantitative estimate of drug-likeness (QED) is 0.680. The molecule has 3 heterocycles. The molecule has 3 aromatic rings. The molecule has 1 aliphatic rings. The highest BCUT2D eigenvalue weighted by atomic mass is 32.1. The standard InChI is InChI=1S/C21H22N6O2S/c1-13-18(20(29)26(2)3)30-21(24-13)25-19(28)15-10-27(11-15)17-9-16(22-12-23-17)14-7-5-4-6-8-14/h4-9,12,15H,10-11H2,1-3H3,(H,24,25,28). The zero-order chi connectivity index (χ0) is 21.3. The lowest BCUT2D eigenvalue weighted by Crippen LogP contribution is -2.52. The zero-order valence-electron chi connectivity index (χ0n) is 17.0. The van der Waals surface area contributed by atoms with Crippen molar-refractivity contribution in [2.24, 2.45) is 5.92 Å². The van der Waals surface area contributed by atoms with Crippen LogP contribution in [0.25, 0.3) is 11.3 Å². The second-order valence-corrected chi connectivity index (χ2v) is 8.35. The van der Waals surface area contributed by atoms with Crippen molar-refractivity contribution in [1.29, 1.82) is 0 Å². The molecule has 2 aromatic heterocycles. The van der Waals surface area contributed by atoms with Gasteiger partial charge in [0.1, 0.15) is 17.0 Å². The molecule has 0 radical (unpaired) electrons. The normalized spacial score (nSPS) is 13.6. The summed E-state index contributed by atoms with van der Waals surface area (Å²) < 4.78 is 0. The first-order chi connectivity index (χ1) is 14.4. The first-order valence-electron chi connectivity index (χ1n) is 9.54. The summed E-state index contributed by atoms with van der Waals surface area (Å²) in [5, 5.41) is 3.30. The Morgan fingerprint density at radius 2 is 1.90 bits per heavy atom. The Balaban J connectivity index is 1.38. The van der Waals surface area contributed by atoms with E-state index in [1.165, 1.54) is 16.2 Å². The monoisotopic (exact) mass is 422 g/mol. The van der Waals surface area contributed by atoms with Gasteiger partial charge in [-0.25, -0.2) is 15.0 Å². The molecule has 1 aromatic carbocycles. The van der Waals surface area contributed by atoms with Crippen molar-refractivity contribution < 1.29 is 9.59 Å². The second-order valence-electron chi connectivity index (χ2n) is 7.35. The Morgan fingerprint density at radius 1 is 1.17 bits per heavy atom. The number of thiazole rings is 1. The van der Waals surface area contributed by atoms with Gasteiger partial charge in [0.05, 0.1) is 17.3 Å². The number of anilines is 2. The number of carbonyl (C=O) groups is 2. The Hall–Kier alpha value is -3.33. The molecule has 0 spiro atoms. The van der Waals surface area contributed by atoms with Crippen molar-refractivity contribution in [3.63, 3.8) is 0 Å². The van der Waals surface area contributed by atoms with Gasteiger partial charge in [0.2, 0.25) is 5.91 Å². The van der Waals surface area contributed by atoms with Gasteiger partial charge in [-0.15, -0.1) is 0 Å². The molecule has 0 saturated carbocycles. The van der Waals surface area contributed by atoms with Gasteiger partial charge < -0.3 is 15.1 Å². The molecular weight excluding hydrogens is 400 g/mol. The highest BCUT2D eigenvalue weighted by Crippen LogP contribution is 2.28. The van der Waals surface area contributed by atoms with Crippen LogP contribution in [-0.4, -0.2) is 58.9 Å². The van der Waals surface area contributed by atoms with Gasteiger partial charge in [-0.3, -0.25) is 9.59 Å². The lowest BCUT2D eigenvalue weighted by molar-refractivity contribution is -0.120. The fourth-order valence-electron chi connectivity index (χ4n) is 3.18. The Kier molecular flexibility index (Phi) is 5.45. The molecular formula is C21H22N6O2S. The van der Waals surface area contributed by atoms with E-state index in [4.69, 9.17) is 0 Å². The number of aromatic nitrogens is 3. The number of benzene rings is 1. The van der Waals surface area contributed by atoms with E-state index >= 15 is 0 Å². The average molecular weight is 423 g/mol. The van der Waals surface area contributed by atoms with Crippen molar-refractivity contribution >= 4 is 34.1 Å². The van der Waals surface area contributed by atoms with Crippen molar-refractivity contribution in [3.8, 4) is 11.3 Å². The fraction of sp³-hybridized carbons (Fsp3) is 0.286. The number of amides is 2. The molecule has 1 aliphatic heterocycles. The first kappa shape index (κ1) is 20.0. The second kappa shape index (κ2) is 8.19. The smallest absolute Gasteiger partial charge is 0.265 e. The van der Waals surface area contributed by atoms with Crippen molar-refractivity contribution in [3.05, 3.63) is 53.3 Å². The van der Waals surface area contributed by atoms with Crippen LogP contribution in [0.3, 0.4) is 0 Å². The number of rotatable bonds is 5. The molecule has 1 fully saturated rings. The topological polar surface area (TPSA) is 91.3 Å². The summed E-state index contributed by atoms with van der Waals surface area (Å²) >= 11 is 1.20. The number of nitrogens with zero attached hydrogens (tertiary/aromatic N) is 5. The van der Waals surface area contributed by atoms with E-state index in [9.17, 15) is 9.59 Å². The minimum atomic E-state index is -0.155. The van der Waals surface area contributed by atoms with Gasteiger partial charge in [-0.05, 0) is 6.92 Å². The molecule has 2 amide bonds. The highest BCUT2D eigenvalue weighted by molar-refractivity contribution is 7.17. The number of aryl methyl sites for hydroxylation is 1. The third-order valence-corrected chi connectivity index (χ3v) is 5.99. The minimum Gasteiger partial charge on any atom is -0.355 e. The van der Waals surface area contributed by atoms with E-state index in [0.29, 0.717) is 28.8 Å². The van der Waals surface area contributed by atoms with Gasteiger partial charge in [0, 0.05) is 38.8 Å². The van der Waals surface area contributed by atoms with E-state index in [0.717, 1.165) is 17.1 Å². The predicted molar refractivity (Wildman–Crippen MR) is 117 cm³/mol. The average Bonchev–Trinajstić information content (AvgIpc) is 3.07. The highest BCUT2D eigenvalue weighted by Gasteiger charge is 2.34. The third kappa shape index (κ3) is 4.02. The van der Waals surface area contributed by atoms with E-state index in [2.05, 4.69) is 20.3 Å². The van der Waals surface area contributed by atoms with Gasteiger partial charge >= 0.3 is 0 Å². The maximum Gasteiger partial charge on any atom is 0.265 e. The maximum atomic E-state index is 12.6. The molecule has 4 rings (SSSR count). The van der Waals surface area contributed by atoms with Crippen LogP contribution in [0.1, 0.15) is 15.4 Å². The molecule has 0 unspecified atom stereocenters. The summed E-state index contributed by atoms with van der Waals surface area (Å²) in [5.41, 5.74) is 2.50. The van der Waals surface area contributed by atoms with Crippen LogP contribution in [0.2, 0.25) is 0 Å². The Morgan fingerprint density at radius 3 is 2.60 bits per heavy atom. The lowest BCUT2D eigenvalue weighted by Gasteiger charge is -2.38. The summed E-state index contributed by atoms with van der Waals surface area (Å²) in [6, 6.07) is 11.9. The van der Waals surface area contributed by atoms with Gasteiger partial charge in [0.15, 0.2) is 5.13 Å². The van der Waals surface area contributed by atoms with Gasteiger partial charge in [0.25, 0.3) is 5.91 Å². The number of carbonyl (C=O) groups excluding carboxylic acids is 2. The number of hydrogen-bond donors (Lipinski definition) is 1. The molecule has 1 N–H and O–H groups in total. The molecule has 1 saturated heterocycles. The van der Waals surface area contributed by atoms with Crippen LogP contribution >= 0.6 is 11.3 Å². The van der Waals surface area contributed by atoms with Crippen LogP contribution in [0.4, 0.5) is 10.9 Å². The summed E-state index contributed by atoms with van der Waals surface area (Å²) in [5.74, 6) is 0.439. The SMILES string of the molecule is Cc1nc(NC(=O)C2CN(c3cc(-c4ccccc4)ncn3)C2)sc1C(=O)N(C)C. The largest absolute Gasteiger partial charge is 0.355 e. The van der Waals surface area contributed by atoms with E-state index in [1.54, 1.807) is 27.3 Å². The Labute approximate surface area is 178 Å². The van der Waals surface area contributed by atoms with Crippen molar-refractivity contribution in [2.45, 2.75) is 6.92 Å². The molecule has 0 aliphatic carbocycles. The zero-order valence-corrected chi connectivity index (χ0v) is 17.8. The number of hydrogen-bond acceptors (Lipinski definition) is 7.